The third-order valence-corrected chi connectivity index (χ3v) is 2.31. The highest BCUT2D eigenvalue weighted by molar-refractivity contribution is 5.85. The normalized spacial score (nSPS) is 27.6. The monoisotopic (exact) mass is 138 g/mol. The van der Waals surface area contributed by atoms with Gasteiger partial charge in [0.25, 0.3) is 0 Å². The van der Waals surface area contributed by atoms with E-state index in [4.69, 9.17) is 0 Å². The highest BCUT2D eigenvalue weighted by Gasteiger charge is 2.24. The van der Waals surface area contributed by atoms with E-state index < -0.39 is 0 Å². The van der Waals surface area contributed by atoms with Crippen molar-refractivity contribution >= 4 is 5.78 Å². The topological polar surface area (TPSA) is 17.1 Å². The lowest BCUT2D eigenvalue weighted by molar-refractivity contribution is -0.119. The molecule has 1 atom stereocenters. The fourth-order valence-corrected chi connectivity index (χ4v) is 1.50. The van der Waals surface area contributed by atoms with Crippen LogP contribution in [0.3, 0.4) is 0 Å². The van der Waals surface area contributed by atoms with Crippen LogP contribution in [0.15, 0.2) is 11.6 Å². The van der Waals surface area contributed by atoms with E-state index >= 15 is 0 Å². The van der Waals surface area contributed by atoms with Gasteiger partial charge in [-0.05, 0) is 26.7 Å². The summed E-state index contributed by atoms with van der Waals surface area (Å²) in [4.78, 5) is 11.1. The number of allylic oxidation sites excluding steroid dienone is 2. The lowest BCUT2D eigenvalue weighted by Gasteiger charge is -2.05. The van der Waals surface area contributed by atoms with E-state index in [-0.39, 0.29) is 5.92 Å². The average molecular weight is 138 g/mol. The lowest BCUT2D eigenvalue weighted by Crippen LogP contribution is -2.06. The first kappa shape index (κ1) is 7.52. The van der Waals surface area contributed by atoms with Crippen molar-refractivity contribution in [3.8, 4) is 0 Å². The highest BCUT2D eigenvalue weighted by Crippen LogP contribution is 2.27. The molecule has 1 saturated carbocycles. The van der Waals surface area contributed by atoms with Gasteiger partial charge in [0.15, 0.2) is 0 Å². The van der Waals surface area contributed by atoms with E-state index in [1.54, 1.807) is 0 Å². The van der Waals surface area contributed by atoms with Crippen molar-refractivity contribution in [3.63, 3.8) is 0 Å². The van der Waals surface area contributed by atoms with E-state index in [1.165, 1.54) is 5.57 Å². The lowest BCUT2D eigenvalue weighted by atomic mass is 9.98. The van der Waals surface area contributed by atoms with Crippen molar-refractivity contribution in [2.45, 2.75) is 33.1 Å². The molecule has 1 heteroatoms. The molecule has 56 valence electrons. The van der Waals surface area contributed by atoms with E-state index in [0.29, 0.717) is 5.78 Å². The molecule has 0 aliphatic heterocycles. The molecule has 1 aliphatic carbocycles. The Labute approximate surface area is 62.1 Å². The van der Waals surface area contributed by atoms with Crippen molar-refractivity contribution in [3.05, 3.63) is 11.6 Å². The minimum Gasteiger partial charge on any atom is -0.299 e. The van der Waals surface area contributed by atoms with E-state index in [1.807, 2.05) is 19.9 Å². The molecule has 1 aliphatic rings. The molecule has 1 fully saturated rings. The maximum atomic E-state index is 11.1. The van der Waals surface area contributed by atoms with Crippen LogP contribution in [0.1, 0.15) is 33.1 Å². The van der Waals surface area contributed by atoms with Crippen LogP contribution >= 0.6 is 0 Å². The summed E-state index contributed by atoms with van der Waals surface area (Å²) in [5, 5.41) is 0. The predicted molar refractivity (Wildman–Crippen MR) is 41.8 cm³/mol. The van der Waals surface area contributed by atoms with Gasteiger partial charge in [-0.25, -0.2) is 0 Å². The molecule has 0 aromatic rings. The molecule has 0 amide bonds. The van der Waals surface area contributed by atoms with Gasteiger partial charge in [-0.3, -0.25) is 4.79 Å². The number of hydrogen-bond acceptors (Lipinski definition) is 1. The zero-order valence-electron chi connectivity index (χ0n) is 6.68. The molecule has 0 aromatic heterocycles. The molecule has 1 rings (SSSR count). The first-order valence-corrected chi connectivity index (χ1v) is 3.91. The molecule has 10 heavy (non-hydrogen) atoms. The first-order chi connectivity index (χ1) is 4.75. The minimum absolute atomic E-state index is 0.269. The number of Topliss-reactive ketones (excluding diaryl/α,β-unsaturated/α-hetero) is 1. The zero-order chi connectivity index (χ0) is 7.56. The van der Waals surface area contributed by atoms with Crippen molar-refractivity contribution < 1.29 is 4.79 Å². The van der Waals surface area contributed by atoms with Crippen molar-refractivity contribution in [1.82, 2.24) is 0 Å². The van der Waals surface area contributed by atoms with Gasteiger partial charge in [0.2, 0.25) is 0 Å². The SMILES string of the molecule is C/C=C(\C)C1CCCC1=O. The van der Waals surface area contributed by atoms with Crippen molar-refractivity contribution in [1.29, 1.82) is 0 Å². The van der Waals surface area contributed by atoms with Gasteiger partial charge in [-0.2, -0.15) is 0 Å². The summed E-state index contributed by atoms with van der Waals surface area (Å²) in [5.74, 6) is 0.709. The number of hydrogen-bond donors (Lipinski definition) is 0. The Bertz CT molecular complexity index is 168. The predicted octanol–water partition coefficient (Wildman–Crippen LogP) is 2.32. The van der Waals surface area contributed by atoms with Gasteiger partial charge in [-0.15, -0.1) is 0 Å². The Balaban J connectivity index is 2.64. The summed E-state index contributed by atoms with van der Waals surface area (Å²) in [5.41, 5.74) is 1.25. The molecular weight excluding hydrogens is 124 g/mol. The largest absolute Gasteiger partial charge is 0.299 e. The Kier molecular flexibility index (Phi) is 2.25. The maximum absolute atomic E-state index is 11.1. The van der Waals surface area contributed by atoms with Gasteiger partial charge in [0.05, 0.1) is 0 Å². The van der Waals surface area contributed by atoms with Crippen LogP contribution in [-0.2, 0) is 4.79 Å². The van der Waals surface area contributed by atoms with Gasteiger partial charge >= 0.3 is 0 Å². The van der Waals surface area contributed by atoms with E-state index in [0.717, 1.165) is 19.3 Å². The minimum atomic E-state index is 0.269. The molecule has 0 radical (unpaired) electrons. The molecule has 0 aromatic carbocycles. The second-order valence-electron chi connectivity index (χ2n) is 2.94. The third-order valence-electron chi connectivity index (χ3n) is 2.31. The summed E-state index contributed by atoms with van der Waals surface area (Å²) >= 11 is 0. The Morgan fingerprint density at radius 1 is 1.70 bits per heavy atom. The summed E-state index contributed by atoms with van der Waals surface area (Å²) < 4.78 is 0. The summed E-state index contributed by atoms with van der Waals surface area (Å²) in [6.07, 6.45) is 5.02. The van der Waals surface area contributed by atoms with Gasteiger partial charge in [-0.1, -0.05) is 11.6 Å². The zero-order valence-corrected chi connectivity index (χ0v) is 6.68. The number of ketones is 1. The quantitative estimate of drug-likeness (QED) is 0.508. The van der Waals surface area contributed by atoms with Gasteiger partial charge < -0.3 is 0 Å². The van der Waals surface area contributed by atoms with Crippen LogP contribution in [0.2, 0.25) is 0 Å². The van der Waals surface area contributed by atoms with Gasteiger partial charge in [0.1, 0.15) is 5.78 Å². The third kappa shape index (κ3) is 1.28. The second kappa shape index (κ2) is 3.00. The fraction of sp³-hybridized carbons (Fsp3) is 0.667. The van der Waals surface area contributed by atoms with Crippen LogP contribution in [0.5, 0.6) is 0 Å². The molecule has 0 saturated heterocycles. The molecule has 0 heterocycles. The number of carbonyl (C=O) groups excluding carboxylic acids is 1. The number of carbonyl (C=O) groups is 1. The fourth-order valence-electron chi connectivity index (χ4n) is 1.50. The number of rotatable bonds is 1. The summed E-state index contributed by atoms with van der Waals surface area (Å²) in [6, 6.07) is 0. The molecule has 1 unspecified atom stereocenters. The van der Waals surface area contributed by atoms with Crippen LogP contribution in [0.25, 0.3) is 0 Å². The van der Waals surface area contributed by atoms with Crippen molar-refractivity contribution in [2.24, 2.45) is 5.92 Å². The van der Waals surface area contributed by atoms with E-state index in [2.05, 4.69) is 0 Å². The maximum Gasteiger partial charge on any atom is 0.139 e. The molecule has 0 N–H and O–H groups in total. The molecule has 0 bridgehead atoms. The van der Waals surface area contributed by atoms with Crippen LogP contribution < -0.4 is 0 Å². The van der Waals surface area contributed by atoms with Crippen LogP contribution in [0.4, 0.5) is 0 Å². The van der Waals surface area contributed by atoms with Crippen molar-refractivity contribution in [2.75, 3.05) is 0 Å². The Hall–Kier alpha value is -0.590. The smallest absolute Gasteiger partial charge is 0.139 e. The average Bonchev–Trinajstić information content (AvgIpc) is 2.34. The molecule has 0 spiro atoms. The van der Waals surface area contributed by atoms with Gasteiger partial charge in [0, 0.05) is 12.3 Å². The standard InChI is InChI=1S/C9H14O/c1-3-7(2)8-5-4-6-9(8)10/h3,8H,4-6H2,1-2H3/b7-3+. The van der Waals surface area contributed by atoms with Crippen LogP contribution in [0, 0.1) is 5.92 Å². The molecule has 1 nitrogen and oxygen atoms in total. The summed E-state index contributed by atoms with van der Waals surface area (Å²) in [6.45, 7) is 4.05. The summed E-state index contributed by atoms with van der Waals surface area (Å²) in [7, 11) is 0. The molecular formula is C9H14O. The first-order valence-electron chi connectivity index (χ1n) is 3.91. The van der Waals surface area contributed by atoms with Crippen LogP contribution in [-0.4, -0.2) is 5.78 Å². The Morgan fingerprint density at radius 3 is 2.80 bits per heavy atom. The Morgan fingerprint density at radius 2 is 2.40 bits per heavy atom. The second-order valence-corrected chi connectivity index (χ2v) is 2.94. The highest BCUT2D eigenvalue weighted by atomic mass is 16.1. The van der Waals surface area contributed by atoms with E-state index in [9.17, 15) is 4.79 Å².